The lowest BCUT2D eigenvalue weighted by molar-refractivity contribution is -0.135. The summed E-state index contributed by atoms with van der Waals surface area (Å²) in [5.41, 5.74) is 0. The highest BCUT2D eigenvalue weighted by Gasteiger charge is 1.99. The molecule has 68 valence electrons. The molecule has 0 heterocycles. The second-order valence-corrected chi connectivity index (χ2v) is 4.12. The smallest absolute Gasteiger partial charge is 0.317 e. The Balaban J connectivity index is 0. The summed E-state index contributed by atoms with van der Waals surface area (Å²) in [6.45, 7) is 5.90. The van der Waals surface area contributed by atoms with Crippen LogP contribution in [-0.4, -0.2) is 29.5 Å². The number of alkyl halides is 1. The van der Waals surface area contributed by atoms with E-state index in [1.165, 1.54) is 0 Å². The van der Waals surface area contributed by atoms with E-state index in [1.54, 1.807) is 7.05 Å². The Kier molecular flexibility index (Phi) is 7.79. The van der Waals surface area contributed by atoms with Gasteiger partial charge in [0.25, 0.3) is 0 Å². The van der Waals surface area contributed by atoms with Gasteiger partial charge in [0, 0.05) is 4.87 Å². The number of carboxylic acids is 1. The van der Waals surface area contributed by atoms with E-state index >= 15 is 0 Å². The first kappa shape index (κ1) is 13.3. The van der Waals surface area contributed by atoms with Crippen LogP contribution >= 0.6 is 11.6 Å². The minimum absolute atomic E-state index is 0.0278. The number of aliphatic carboxylic acids is 1. The first-order valence-electron chi connectivity index (χ1n) is 3.32. The molecular formula is C7H16ClNO2. The average molecular weight is 182 g/mol. The molecule has 0 fully saturated rings. The van der Waals surface area contributed by atoms with Crippen molar-refractivity contribution in [1.82, 2.24) is 5.32 Å². The second kappa shape index (κ2) is 6.43. The zero-order valence-corrected chi connectivity index (χ0v) is 8.20. The molecule has 0 bridgehead atoms. The highest BCUT2D eigenvalue weighted by molar-refractivity contribution is 6.23. The summed E-state index contributed by atoms with van der Waals surface area (Å²) in [6, 6.07) is 0. The van der Waals surface area contributed by atoms with Crippen LogP contribution in [0.4, 0.5) is 0 Å². The molecule has 0 radical (unpaired) electrons. The van der Waals surface area contributed by atoms with Gasteiger partial charge in [-0.2, -0.15) is 0 Å². The van der Waals surface area contributed by atoms with Crippen molar-refractivity contribution in [3.63, 3.8) is 0 Å². The van der Waals surface area contributed by atoms with Crippen LogP contribution in [0.2, 0.25) is 0 Å². The van der Waals surface area contributed by atoms with Gasteiger partial charge in [-0.05, 0) is 27.8 Å². The van der Waals surface area contributed by atoms with Gasteiger partial charge in [0.2, 0.25) is 0 Å². The number of halogens is 1. The number of carbonyl (C=O) groups is 1. The van der Waals surface area contributed by atoms with Gasteiger partial charge in [-0.25, -0.2) is 0 Å². The van der Waals surface area contributed by atoms with Gasteiger partial charge in [-0.3, -0.25) is 4.79 Å². The topological polar surface area (TPSA) is 49.3 Å². The molecule has 0 aromatic heterocycles. The van der Waals surface area contributed by atoms with Gasteiger partial charge in [0.15, 0.2) is 0 Å². The SMILES string of the molecule is CC(C)(C)Cl.CNCC(=O)O. The van der Waals surface area contributed by atoms with Gasteiger partial charge in [0.1, 0.15) is 0 Å². The van der Waals surface area contributed by atoms with Crippen molar-refractivity contribution in [2.24, 2.45) is 0 Å². The molecule has 0 aliphatic rings. The van der Waals surface area contributed by atoms with E-state index in [2.05, 4.69) is 5.32 Å². The van der Waals surface area contributed by atoms with E-state index in [4.69, 9.17) is 16.7 Å². The molecule has 0 spiro atoms. The quantitative estimate of drug-likeness (QED) is 0.632. The molecule has 0 aromatic rings. The van der Waals surface area contributed by atoms with Crippen LogP contribution < -0.4 is 5.32 Å². The Bertz CT molecular complexity index is 103. The fraction of sp³-hybridized carbons (Fsp3) is 0.857. The lowest BCUT2D eigenvalue weighted by atomic mass is 10.3. The first-order chi connectivity index (χ1) is 4.77. The predicted molar refractivity (Wildman–Crippen MR) is 47.2 cm³/mol. The van der Waals surface area contributed by atoms with Crippen molar-refractivity contribution in [1.29, 1.82) is 0 Å². The summed E-state index contributed by atoms with van der Waals surface area (Å²) in [6.07, 6.45) is 0. The predicted octanol–water partition coefficient (Wildman–Crippen LogP) is 1.31. The maximum absolute atomic E-state index is 9.54. The van der Waals surface area contributed by atoms with Crippen molar-refractivity contribution in [3.05, 3.63) is 0 Å². The van der Waals surface area contributed by atoms with Crippen molar-refractivity contribution < 1.29 is 9.90 Å². The van der Waals surface area contributed by atoms with Crippen molar-refractivity contribution in [2.75, 3.05) is 13.6 Å². The van der Waals surface area contributed by atoms with Crippen LogP contribution in [0.1, 0.15) is 20.8 Å². The van der Waals surface area contributed by atoms with E-state index in [-0.39, 0.29) is 11.4 Å². The van der Waals surface area contributed by atoms with Crippen molar-refractivity contribution >= 4 is 17.6 Å². The lowest BCUT2D eigenvalue weighted by Gasteiger charge is -2.01. The summed E-state index contributed by atoms with van der Waals surface area (Å²) in [7, 11) is 1.59. The monoisotopic (exact) mass is 181 g/mol. The van der Waals surface area contributed by atoms with Gasteiger partial charge < -0.3 is 10.4 Å². The van der Waals surface area contributed by atoms with Gasteiger partial charge in [-0.1, -0.05) is 0 Å². The number of hydrogen-bond donors (Lipinski definition) is 2. The van der Waals surface area contributed by atoms with E-state index in [0.29, 0.717) is 0 Å². The molecule has 0 saturated heterocycles. The first-order valence-corrected chi connectivity index (χ1v) is 3.70. The van der Waals surface area contributed by atoms with E-state index < -0.39 is 5.97 Å². The lowest BCUT2D eigenvalue weighted by Crippen LogP contribution is -2.16. The number of likely N-dealkylation sites (N-methyl/N-ethyl adjacent to an activating group) is 1. The van der Waals surface area contributed by atoms with Crippen LogP contribution in [0.15, 0.2) is 0 Å². The van der Waals surface area contributed by atoms with Crippen LogP contribution in [-0.2, 0) is 4.79 Å². The molecule has 4 heteroatoms. The third kappa shape index (κ3) is 78.3. The fourth-order valence-electron chi connectivity index (χ4n) is 0.151. The van der Waals surface area contributed by atoms with E-state index in [9.17, 15) is 4.79 Å². The molecule has 0 atom stereocenters. The number of nitrogens with one attached hydrogen (secondary N) is 1. The standard InChI is InChI=1S/C4H9Cl.C3H7NO2/c1-4(2,3)5;1-4-2-3(5)6/h1-3H3;4H,2H2,1H3,(H,5,6). The molecular weight excluding hydrogens is 166 g/mol. The normalized spacial score (nSPS) is 9.91. The Morgan fingerprint density at radius 3 is 1.82 bits per heavy atom. The molecule has 0 aromatic carbocycles. The molecule has 3 nitrogen and oxygen atoms in total. The van der Waals surface area contributed by atoms with Crippen LogP contribution in [0.5, 0.6) is 0 Å². The molecule has 2 N–H and O–H groups in total. The third-order valence-electron chi connectivity index (χ3n) is 0.328. The maximum atomic E-state index is 9.54. The summed E-state index contributed by atoms with van der Waals surface area (Å²) >= 11 is 5.53. The zero-order chi connectivity index (χ0) is 9.49. The minimum Gasteiger partial charge on any atom is -0.480 e. The summed E-state index contributed by atoms with van der Waals surface area (Å²) in [5.74, 6) is -0.822. The molecule has 0 aliphatic heterocycles. The summed E-state index contributed by atoms with van der Waals surface area (Å²) in [4.78, 5) is 9.51. The maximum Gasteiger partial charge on any atom is 0.317 e. The highest BCUT2D eigenvalue weighted by Crippen LogP contribution is 2.07. The Hall–Kier alpha value is -0.280. The largest absolute Gasteiger partial charge is 0.480 e. The Morgan fingerprint density at radius 2 is 1.82 bits per heavy atom. The zero-order valence-electron chi connectivity index (χ0n) is 7.44. The van der Waals surface area contributed by atoms with Crippen LogP contribution in [0.25, 0.3) is 0 Å². The summed E-state index contributed by atoms with van der Waals surface area (Å²) < 4.78 is 0. The molecule has 0 unspecified atom stereocenters. The highest BCUT2D eigenvalue weighted by atomic mass is 35.5. The van der Waals surface area contributed by atoms with Crippen LogP contribution in [0.3, 0.4) is 0 Å². The van der Waals surface area contributed by atoms with Gasteiger partial charge in [-0.15, -0.1) is 11.6 Å². The molecule has 0 amide bonds. The van der Waals surface area contributed by atoms with Gasteiger partial charge in [0.05, 0.1) is 6.54 Å². The molecule has 0 saturated carbocycles. The van der Waals surface area contributed by atoms with Gasteiger partial charge >= 0.3 is 5.97 Å². The number of hydrogen-bond acceptors (Lipinski definition) is 2. The third-order valence-corrected chi connectivity index (χ3v) is 0.328. The van der Waals surface area contributed by atoms with Crippen molar-refractivity contribution in [3.8, 4) is 0 Å². The van der Waals surface area contributed by atoms with Crippen LogP contribution in [0, 0.1) is 0 Å². The number of carboxylic acid groups (broad SMARTS) is 1. The van der Waals surface area contributed by atoms with E-state index in [0.717, 1.165) is 0 Å². The molecule has 0 aliphatic carbocycles. The van der Waals surface area contributed by atoms with Crippen molar-refractivity contribution in [2.45, 2.75) is 25.6 Å². The number of rotatable bonds is 2. The fourth-order valence-corrected chi connectivity index (χ4v) is 0.151. The van der Waals surface area contributed by atoms with E-state index in [1.807, 2.05) is 20.8 Å². The Labute approximate surface area is 72.7 Å². The average Bonchev–Trinajstić information content (AvgIpc) is 1.58. The summed E-state index contributed by atoms with van der Waals surface area (Å²) in [5, 5.41) is 10.3. The molecule has 0 rings (SSSR count). The second-order valence-electron chi connectivity index (χ2n) is 2.99. The Morgan fingerprint density at radius 1 is 1.55 bits per heavy atom. The molecule has 11 heavy (non-hydrogen) atoms. The minimum atomic E-state index is -0.822.